The molecular formula is C18H19N3O4S. The van der Waals surface area contributed by atoms with Gasteiger partial charge in [0.2, 0.25) is 21.8 Å². The number of pyridine rings is 1. The lowest BCUT2D eigenvalue weighted by molar-refractivity contribution is -0.121. The quantitative estimate of drug-likeness (QED) is 0.588. The van der Waals surface area contributed by atoms with E-state index in [-0.39, 0.29) is 29.6 Å². The van der Waals surface area contributed by atoms with Crippen LogP contribution in [0.25, 0.3) is 0 Å². The zero-order valence-corrected chi connectivity index (χ0v) is 14.9. The molecule has 3 rings (SSSR count). The Morgan fingerprint density at radius 2 is 1.69 bits per heavy atom. The van der Waals surface area contributed by atoms with E-state index in [4.69, 9.17) is 0 Å². The van der Waals surface area contributed by atoms with Gasteiger partial charge < -0.3 is 0 Å². The molecule has 8 heteroatoms. The van der Waals surface area contributed by atoms with Crippen LogP contribution in [0.4, 0.5) is 5.69 Å². The highest BCUT2D eigenvalue weighted by atomic mass is 32.2. The normalized spacial score (nSPS) is 14.8. The molecule has 0 bridgehead atoms. The minimum atomic E-state index is -3.64. The lowest BCUT2D eigenvalue weighted by Crippen LogP contribution is -2.29. The van der Waals surface area contributed by atoms with Crippen LogP contribution in [0, 0.1) is 0 Å². The van der Waals surface area contributed by atoms with Gasteiger partial charge >= 0.3 is 0 Å². The second-order valence-corrected chi connectivity index (χ2v) is 7.71. The SMILES string of the molecule is O=C1CCC(=O)N1c1ccc(S(=O)(=O)NCCCc2ccccn2)cc1. The summed E-state index contributed by atoms with van der Waals surface area (Å²) in [6.45, 7) is 0.295. The van der Waals surface area contributed by atoms with Gasteiger partial charge in [0.25, 0.3) is 0 Å². The Labute approximate surface area is 152 Å². The van der Waals surface area contributed by atoms with Crippen molar-refractivity contribution >= 4 is 27.5 Å². The number of imide groups is 1. The first-order valence-corrected chi connectivity index (χ1v) is 9.81. The first kappa shape index (κ1) is 18.2. The summed E-state index contributed by atoms with van der Waals surface area (Å²) in [5.74, 6) is -0.531. The summed E-state index contributed by atoms with van der Waals surface area (Å²) in [7, 11) is -3.64. The second-order valence-electron chi connectivity index (χ2n) is 5.94. The Morgan fingerprint density at radius 1 is 1.00 bits per heavy atom. The van der Waals surface area contributed by atoms with Gasteiger partial charge in [0.1, 0.15) is 0 Å². The van der Waals surface area contributed by atoms with Crippen LogP contribution in [0.3, 0.4) is 0 Å². The summed E-state index contributed by atoms with van der Waals surface area (Å²) in [5.41, 5.74) is 1.31. The van der Waals surface area contributed by atoms with Gasteiger partial charge in [-0.2, -0.15) is 0 Å². The van der Waals surface area contributed by atoms with Crippen LogP contribution < -0.4 is 9.62 Å². The molecule has 1 aliphatic heterocycles. The molecule has 0 saturated carbocycles. The van der Waals surface area contributed by atoms with Gasteiger partial charge in [-0.1, -0.05) is 6.07 Å². The zero-order valence-electron chi connectivity index (χ0n) is 14.1. The fraction of sp³-hybridized carbons (Fsp3) is 0.278. The van der Waals surface area contributed by atoms with Crippen molar-refractivity contribution in [3.8, 4) is 0 Å². The molecule has 1 aliphatic rings. The van der Waals surface area contributed by atoms with Crippen molar-refractivity contribution in [1.82, 2.24) is 9.71 Å². The fourth-order valence-corrected chi connectivity index (χ4v) is 3.82. The number of nitrogens with zero attached hydrogens (tertiary/aromatic N) is 2. The third-order valence-electron chi connectivity index (χ3n) is 4.08. The van der Waals surface area contributed by atoms with Crippen LogP contribution in [0.1, 0.15) is 25.0 Å². The number of aromatic nitrogens is 1. The maximum Gasteiger partial charge on any atom is 0.240 e. The van der Waals surface area contributed by atoms with Gasteiger partial charge in [0, 0.05) is 31.3 Å². The first-order chi connectivity index (χ1) is 12.5. The zero-order chi connectivity index (χ0) is 18.6. The molecule has 0 atom stereocenters. The average molecular weight is 373 g/mol. The van der Waals surface area contributed by atoms with Crippen LogP contribution in [0.15, 0.2) is 53.6 Å². The molecule has 7 nitrogen and oxygen atoms in total. The maximum absolute atomic E-state index is 12.3. The van der Waals surface area contributed by atoms with Gasteiger partial charge in [0.05, 0.1) is 10.6 Å². The lowest BCUT2D eigenvalue weighted by Gasteiger charge is -2.14. The Morgan fingerprint density at radius 3 is 2.31 bits per heavy atom. The third-order valence-corrected chi connectivity index (χ3v) is 5.56. The summed E-state index contributed by atoms with van der Waals surface area (Å²) < 4.78 is 27.2. The number of carbonyl (C=O) groups is 2. The van der Waals surface area contributed by atoms with Crippen molar-refractivity contribution in [2.45, 2.75) is 30.6 Å². The molecule has 0 aliphatic carbocycles. The Balaban J connectivity index is 1.59. The standard InChI is InChI=1S/C18H19N3O4S/c22-17-10-11-18(23)21(17)15-6-8-16(9-7-15)26(24,25)20-13-3-5-14-4-1-2-12-19-14/h1-2,4,6-9,12,20H,3,5,10-11,13H2. The Hall–Kier alpha value is -2.58. The molecule has 2 amide bonds. The summed E-state index contributed by atoms with van der Waals surface area (Å²) in [5, 5.41) is 0. The fourth-order valence-electron chi connectivity index (χ4n) is 2.74. The van der Waals surface area contributed by atoms with Crippen LogP contribution in [0.2, 0.25) is 0 Å². The number of nitrogens with one attached hydrogen (secondary N) is 1. The third kappa shape index (κ3) is 4.14. The van der Waals surface area contributed by atoms with E-state index >= 15 is 0 Å². The molecule has 0 spiro atoms. The number of aryl methyl sites for hydroxylation is 1. The van der Waals surface area contributed by atoms with Crippen molar-refractivity contribution < 1.29 is 18.0 Å². The van der Waals surface area contributed by atoms with Gasteiger partial charge in [-0.15, -0.1) is 0 Å². The number of amides is 2. The Kier molecular flexibility index (Phi) is 5.43. The number of rotatable bonds is 7. The van der Waals surface area contributed by atoms with E-state index in [2.05, 4.69) is 9.71 Å². The molecule has 136 valence electrons. The van der Waals surface area contributed by atoms with Crippen molar-refractivity contribution in [1.29, 1.82) is 0 Å². The molecule has 0 unspecified atom stereocenters. The van der Waals surface area contributed by atoms with E-state index in [1.807, 2.05) is 18.2 Å². The van der Waals surface area contributed by atoms with Crippen molar-refractivity contribution in [2.75, 3.05) is 11.4 Å². The molecule has 0 radical (unpaired) electrons. The van der Waals surface area contributed by atoms with Crippen LogP contribution in [-0.2, 0) is 26.0 Å². The molecule has 26 heavy (non-hydrogen) atoms. The molecule has 1 aromatic carbocycles. The van der Waals surface area contributed by atoms with E-state index in [9.17, 15) is 18.0 Å². The molecular weight excluding hydrogens is 354 g/mol. The van der Waals surface area contributed by atoms with E-state index in [0.717, 1.165) is 10.6 Å². The van der Waals surface area contributed by atoms with Crippen molar-refractivity contribution in [3.05, 3.63) is 54.4 Å². The minimum Gasteiger partial charge on any atom is -0.274 e. The monoisotopic (exact) mass is 373 g/mol. The highest BCUT2D eigenvalue weighted by Gasteiger charge is 2.30. The number of anilines is 1. The van der Waals surface area contributed by atoms with E-state index in [0.29, 0.717) is 25.1 Å². The highest BCUT2D eigenvalue weighted by Crippen LogP contribution is 2.23. The van der Waals surface area contributed by atoms with Gasteiger partial charge in [-0.3, -0.25) is 19.5 Å². The van der Waals surface area contributed by atoms with Crippen LogP contribution in [0.5, 0.6) is 0 Å². The predicted octanol–water partition coefficient (Wildman–Crippen LogP) is 1.65. The lowest BCUT2D eigenvalue weighted by atomic mass is 10.2. The highest BCUT2D eigenvalue weighted by molar-refractivity contribution is 7.89. The predicted molar refractivity (Wildman–Crippen MR) is 95.9 cm³/mol. The number of carbonyl (C=O) groups excluding carboxylic acids is 2. The minimum absolute atomic E-state index is 0.0955. The van der Waals surface area contributed by atoms with Gasteiger partial charge in [0.15, 0.2) is 0 Å². The van der Waals surface area contributed by atoms with Gasteiger partial charge in [-0.25, -0.2) is 13.1 Å². The number of hydrogen-bond donors (Lipinski definition) is 1. The van der Waals surface area contributed by atoms with Crippen LogP contribution in [-0.4, -0.2) is 31.8 Å². The summed E-state index contributed by atoms with van der Waals surface area (Å²) in [4.78, 5) is 28.8. The Bertz CT molecular complexity index is 880. The smallest absolute Gasteiger partial charge is 0.240 e. The second kappa shape index (κ2) is 7.76. The summed E-state index contributed by atoms with van der Waals surface area (Å²) >= 11 is 0. The van der Waals surface area contributed by atoms with E-state index in [1.165, 1.54) is 24.3 Å². The molecule has 1 saturated heterocycles. The summed E-state index contributed by atoms with van der Waals surface area (Å²) in [6, 6.07) is 11.4. The molecule has 1 aromatic heterocycles. The van der Waals surface area contributed by atoms with Gasteiger partial charge in [-0.05, 0) is 49.2 Å². The van der Waals surface area contributed by atoms with Crippen molar-refractivity contribution in [3.63, 3.8) is 0 Å². The maximum atomic E-state index is 12.3. The largest absolute Gasteiger partial charge is 0.274 e. The van der Waals surface area contributed by atoms with Crippen LogP contribution >= 0.6 is 0 Å². The van der Waals surface area contributed by atoms with E-state index in [1.54, 1.807) is 6.20 Å². The average Bonchev–Trinajstić information content (AvgIpc) is 2.98. The molecule has 1 fully saturated rings. The number of sulfonamides is 1. The summed E-state index contributed by atoms with van der Waals surface area (Å²) in [6.07, 6.45) is 3.40. The first-order valence-electron chi connectivity index (χ1n) is 8.33. The number of benzene rings is 1. The number of hydrogen-bond acceptors (Lipinski definition) is 5. The molecule has 2 aromatic rings. The van der Waals surface area contributed by atoms with E-state index < -0.39 is 10.0 Å². The molecule has 2 heterocycles. The molecule has 1 N–H and O–H groups in total. The topological polar surface area (TPSA) is 96.4 Å². The van der Waals surface area contributed by atoms with Crippen molar-refractivity contribution in [2.24, 2.45) is 0 Å².